The molecule has 0 aliphatic carbocycles. The van der Waals surface area contributed by atoms with Crippen molar-refractivity contribution in [1.29, 1.82) is 0 Å². The lowest BCUT2D eigenvalue weighted by atomic mass is 10.1. The predicted octanol–water partition coefficient (Wildman–Crippen LogP) is 3.35. The van der Waals surface area contributed by atoms with E-state index < -0.39 is 114 Å². The fraction of sp³-hybridized carbons (Fsp3) is 0. The Kier molecular flexibility index (Phi) is 9.50. The van der Waals surface area contributed by atoms with E-state index in [1.165, 1.54) is 6.07 Å². The van der Waals surface area contributed by atoms with Gasteiger partial charge >= 0.3 is 11.9 Å². The number of nitrogens with zero attached hydrogens (tertiary/aromatic N) is 5. The van der Waals surface area contributed by atoms with Crippen molar-refractivity contribution >= 4 is 93.7 Å². The molecule has 10 N–H and O–H groups in total. The number of aromatic carboxylic acids is 2. The molecule has 0 radical (unpaired) electrons. The standard InChI is InChI=1S/C27H20N8O14S3/c28-25-31-26(29-15-5-12(23(37)38)4-13(6-15)24(39)40)33-27(32-25)30-18-10-17(51(44,45)46)7-11-8-19(52(47,48)49)21(22(36)20(11)18)35-34-14-2-1-3-16(9-14)50(41,42)43/h1-10,36H,(H,37,38)(H,39,40)(H,41,42,43)(H,44,45,46)(H,47,48,49)(H4,28,29,30,31,32,33). The molecule has 5 rings (SSSR count). The molecule has 270 valence electrons. The molecule has 0 spiro atoms. The smallest absolute Gasteiger partial charge is 0.335 e. The van der Waals surface area contributed by atoms with Crippen molar-refractivity contribution in [3.8, 4) is 5.75 Å². The average molecular weight is 777 g/mol. The molecular weight excluding hydrogens is 757 g/mol. The lowest BCUT2D eigenvalue weighted by Gasteiger charge is -2.15. The highest BCUT2D eigenvalue weighted by atomic mass is 32.2. The third kappa shape index (κ3) is 8.15. The van der Waals surface area contributed by atoms with Crippen LogP contribution in [0.15, 0.2) is 85.6 Å². The van der Waals surface area contributed by atoms with Gasteiger partial charge in [0.1, 0.15) is 10.6 Å². The molecule has 22 nitrogen and oxygen atoms in total. The Hall–Kier alpha value is -6.38. The van der Waals surface area contributed by atoms with E-state index >= 15 is 0 Å². The Labute approximate surface area is 290 Å². The SMILES string of the molecule is Nc1nc(Nc2cc(C(=O)O)cc(C(=O)O)c2)nc(Nc2cc(S(=O)(=O)O)cc3cc(S(=O)(=O)O)c(N=Nc4cccc(S(=O)(=O)O)c4)c(O)c23)n1. The number of carboxylic acid groups (broad SMARTS) is 2. The number of carbonyl (C=O) groups is 2. The number of benzene rings is 4. The third-order valence-corrected chi connectivity index (χ3v) is 9.21. The maximum atomic E-state index is 12.4. The van der Waals surface area contributed by atoms with E-state index in [4.69, 9.17) is 5.73 Å². The van der Waals surface area contributed by atoms with Gasteiger partial charge in [0.2, 0.25) is 17.8 Å². The Morgan fingerprint density at radius 1 is 0.692 bits per heavy atom. The van der Waals surface area contributed by atoms with Gasteiger partial charge in [-0.05, 0) is 60.0 Å². The summed E-state index contributed by atoms with van der Waals surface area (Å²) >= 11 is 0. The van der Waals surface area contributed by atoms with Crippen LogP contribution in [0, 0.1) is 0 Å². The zero-order valence-corrected chi connectivity index (χ0v) is 27.7. The number of aromatic nitrogens is 3. The minimum atomic E-state index is -5.27. The molecule has 4 aromatic carbocycles. The first-order valence-corrected chi connectivity index (χ1v) is 17.9. The Balaban J connectivity index is 1.68. The second-order valence-corrected chi connectivity index (χ2v) is 14.5. The van der Waals surface area contributed by atoms with Crippen molar-refractivity contribution in [2.24, 2.45) is 10.2 Å². The minimum Gasteiger partial charge on any atom is -0.505 e. The van der Waals surface area contributed by atoms with Gasteiger partial charge in [-0.25, -0.2) is 9.59 Å². The van der Waals surface area contributed by atoms with Gasteiger partial charge in [0.25, 0.3) is 30.4 Å². The Morgan fingerprint density at radius 2 is 1.29 bits per heavy atom. The number of phenols is 1. The largest absolute Gasteiger partial charge is 0.505 e. The number of hydrogen-bond donors (Lipinski definition) is 9. The van der Waals surface area contributed by atoms with Gasteiger partial charge < -0.3 is 31.7 Å². The van der Waals surface area contributed by atoms with Crippen LogP contribution >= 0.6 is 0 Å². The van der Waals surface area contributed by atoms with E-state index in [9.17, 15) is 63.8 Å². The third-order valence-electron chi connectivity index (χ3n) is 6.66. The summed E-state index contributed by atoms with van der Waals surface area (Å²) in [4.78, 5) is 32.1. The molecule has 0 saturated carbocycles. The van der Waals surface area contributed by atoms with Crippen LogP contribution in [-0.4, -0.2) is 81.1 Å². The van der Waals surface area contributed by atoms with Gasteiger partial charge in [0.05, 0.1) is 32.3 Å². The van der Waals surface area contributed by atoms with Crippen LogP contribution in [-0.2, 0) is 30.4 Å². The van der Waals surface area contributed by atoms with Crippen LogP contribution in [0.2, 0.25) is 0 Å². The van der Waals surface area contributed by atoms with Gasteiger partial charge in [-0.2, -0.15) is 45.3 Å². The number of azo groups is 1. The lowest BCUT2D eigenvalue weighted by molar-refractivity contribution is 0.0696. The number of anilines is 5. The van der Waals surface area contributed by atoms with Crippen LogP contribution in [0.25, 0.3) is 10.8 Å². The number of rotatable bonds is 11. The van der Waals surface area contributed by atoms with Gasteiger partial charge in [0, 0.05) is 11.1 Å². The molecule has 0 fully saturated rings. The molecule has 0 saturated heterocycles. The zero-order valence-electron chi connectivity index (χ0n) is 25.3. The van der Waals surface area contributed by atoms with Gasteiger partial charge in [0.15, 0.2) is 5.75 Å². The molecule has 1 aromatic heterocycles. The summed E-state index contributed by atoms with van der Waals surface area (Å²) in [5.41, 5.74) is 3.14. The quantitative estimate of drug-likeness (QED) is 0.0685. The molecule has 25 heteroatoms. The van der Waals surface area contributed by atoms with Crippen LogP contribution in [0.3, 0.4) is 0 Å². The number of nitrogen functional groups attached to an aromatic ring is 1. The molecule has 1 heterocycles. The van der Waals surface area contributed by atoms with Crippen molar-refractivity contribution in [3.63, 3.8) is 0 Å². The topological polar surface area (TPSA) is 371 Å². The highest BCUT2D eigenvalue weighted by Gasteiger charge is 2.26. The molecule has 0 aliphatic heterocycles. The molecule has 5 aromatic rings. The predicted molar refractivity (Wildman–Crippen MR) is 177 cm³/mol. The average Bonchev–Trinajstić information content (AvgIpc) is 3.02. The van der Waals surface area contributed by atoms with Crippen molar-refractivity contribution in [1.82, 2.24) is 15.0 Å². The van der Waals surface area contributed by atoms with Crippen LogP contribution < -0.4 is 16.4 Å². The van der Waals surface area contributed by atoms with Crippen molar-refractivity contribution in [2.45, 2.75) is 14.7 Å². The van der Waals surface area contributed by atoms with Crippen molar-refractivity contribution in [2.75, 3.05) is 16.4 Å². The maximum Gasteiger partial charge on any atom is 0.335 e. The van der Waals surface area contributed by atoms with Crippen LogP contribution in [0.5, 0.6) is 5.75 Å². The second kappa shape index (κ2) is 13.4. The van der Waals surface area contributed by atoms with E-state index in [0.29, 0.717) is 6.07 Å². The number of nitrogens with one attached hydrogen (secondary N) is 2. The van der Waals surface area contributed by atoms with E-state index in [1.807, 2.05) is 0 Å². The monoisotopic (exact) mass is 776 g/mol. The number of phenolic OH excluding ortho intramolecular Hbond substituents is 1. The highest BCUT2D eigenvalue weighted by Crippen LogP contribution is 2.45. The van der Waals surface area contributed by atoms with Crippen molar-refractivity contribution in [3.05, 3.63) is 71.8 Å². The molecule has 0 amide bonds. The van der Waals surface area contributed by atoms with E-state index in [0.717, 1.165) is 48.5 Å². The first kappa shape index (κ1) is 36.9. The second-order valence-electron chi connectivity index (χ2n) is 10.3. The lowest BCUT2D eigenvalue weighted by Crippen LogP contribution is -2.09. The highest BCUT2D eigenvalue weighted by molar-refractivity contribution is 7.86. The number of fused-ring (bicyclic) bond motifs is 1. The molecule has 0 unspecified atom stereocenters. The van der Waals surface area contributed by atoms with Crippen molar-refractivity contribution < 1.29 is 63.8 Å². The maximum absolute atomic E-state index is 12.4. The summed E-state index contributed by atoms with van der Waals surface area (Å²) in [6.45, 7) is 0. The van der Waals surface area contributed by atoms with Gasteiger partial charge in [-0.3, -0.25) is 13.7 Å². The molecule has 0 atom stereocenters. The Bertz CT molecular complexity index is 2670. The summed E-state index contributed by atoms with van der Waals surface area (Å²) in [6, 6.07) is 9.31. The zero-order chi connectivity index (χ0) is 38.3. The number of hydrogen-bond acceptors (Lipinski definition) is 17. The Morgan fingerprint density at radius 3 is 1.85 bits per heavy atom. The number of aromatic hydroxyl groups is 1. The van der Waals surface area contributed by atoms with Crippen LogP contribution in [0.4, 0.5) is 40.6 Å². The summed E-state index contributed by atoms with van der Waals surface area (Å²) in [5, 5.41) is 41.6. The fourth-order valence-corrected chi connectivity index (χ4v) is 6.24. The first-order chi connectivity index (χ1) is 24.1. The summed E-state index contributed by atoms with van der Waals surface area (Å²) in [6.07, 6.45) is 0. The van der Waals surface area contributed by atoms with E-state index in [2.05, 4.69) is 35.8 Å². The normalized spacial score (nSPS) is 12.2. The first-order valence-electron chi connectivity index (χ1n) is 13.6. The van der Waals surface area contributed by atoms with Gasteiger partial charge in [-0.1, -0.05) is 6.07 Å². The number of nitrogens with two attached hydrogens (primary N) is 1. The van der Waals surface area contributed by atoms with Gasteiger partial charge in [-0.15, -0.1) is 5.11 Å². The van der Waals surface area contributed by atoms with E-state index in [-0.39, 0.29) is 11.4 Å². The summed E-state index contributed by atoms with van der Waals surface area (Å²) in [7, 11) is -15.0. The van der Waals surface area contributed by atoms with E-state index in [1.54, 1.807) is 0 Å². The minimum absolute atomic E-state index is 0.125. The summed E-state index contributed by atoms with van der Waals surface area (Å²) in [5.74, 6) is -5.43. The molecule has 52 heavy (non-hydrogen) atoms. The molecule has 0 bridgehead atoms. The summed E-state index contributed by atoms with van der Waals surface area (Å²) < 4.78 is 101. The molecule has 0 aliphatic rings. The number of carboxylic acids is 2. The molecular formula is C27H20N8O14S3. The fourth-order valence-electron chi connectivity index (χ4n) is 4.51. The van der Waals surface area contributed by atoms with Crippen LogP contribution in [0.1, 0.15) is 20.7 Å².